The molecular formula is C15H18F3NO4S. The minimum absolute atomic E-state index is 0.1000. The molecule has 0 atom stereocenters. The maximum Gasteiger partial charge on any atom is 0.422 e. The van der Waals surface area contributed by atoms with Crippen molar-refractivity contribution in [1.82, 2.24) is 4.31 Å². The lowest BCUT2D eigenvalue weighted by molar-refractivity contribution is -0.182. The molecule has 0 unspecified atom stereocenters. The number of halogens is 3. The summed E-state index contributed by atoms with van der Waals surface area (Å²) in [6.45, 7) is 2.48. The van der Waals surface area contributed by atoms with Crippen LogP contribution >= 0.6 is 0 Å². The first kappa shape index (κ1) is 20.2. The average molecular weight is 365 g/mol. The Bertz CT molecular complexity index is 678. The van der Waals surface area contributed by atoms with Crippen molar-refractivity contribution < 1.29 is 31.1 Å². The second-order valence-corrected chi connectivity index (χ2v) is 6.65. The summed E-state index contributed by atoms with van der Waals surface area (Å²) in [5.41, 5.74) is 0.456. The van der Waals surface area contributed by atoms with E-state index in [2.05, 4.69) is 4.74 Å². The topological polar surface area (TPSA) is 63.7 Å². The van der Waals surface area contributed by atoms with E-state index in [1.807, 2.05) is 0 Å². The Morgan fingerprint density at radius 3 is 2.17 bits per heavy atom. The summed E-state index contributed by atoms with van der Waals surface area (Å²) >= 11 is 0. The maximum atomic E-state index is 12.3. The van der Waals surface area contributed by atoms with Crippen molar-refractivity contribution in [3.05, 3.63) is 35.9 Å². The first-order valence-corrected chi connectivity index (χ1v) is 8.56. The van der Waals surface area contributed by atoms with Crippen molar-refractivity contribution in [3.63, 3.8) is 0 Å². The van der Waals surface area contributed by atoms with Crippen molar-refractivity contribution in [2.75, 3.05) is 19.7 Å². The van der Waals surface area contributed by atoms with E-state index in [1.165, 1.54) is 34.6 Å². The Hall–Kier alpha value is -1.87. The highest BCUT2D eigenvalue weighted by molar-refractivity contribution is 7.89. The second kappa shape index (κ2) is 8.29. The van der Waals surface area contributed by atoms with E-state index in [0.29, 0.717) is 18.7 Å². The van der Waals surface area contributed by atoms with Crippen LogP contribution in [0.15, 0.2) is 35.2 Å². The number of nitrogens with zero attached hydrogens (tertiary/aromatic N) is 1. The van der Waals surface area contributed by atoms with E-state index in [4.69, 9.17) is 0 Å². The summed E-state index contributed by atoms with van der Waals surface area (Å²) in [5, 5.41) is 0. The molecule has 0 amide bonds. The lowest BCUT2D eigenvalue weighted by Crippen LogP contribution is -2.30. The van der Waals surface area contributed by atoms with Crippen LogP contribution in [0, 0.1) is 0 Å². The van der Waals surface area contributed by atoms with Gasteiger partial charge in [0.15, 0.2) is 6.61 Å². The number of carbonyl (C=O) groups excluding carboxylic acids is 1. The van der Waals surface area contributed by atoms with Crippen LogP contribution in [-0.2, 0) is 19.6 Å². The van der Waals surface area contributed by atoms with Gasteiger partial charge < -0.3 is 4.74 Å². The second-order valence-electron chi connectivity index (χ2n) is 4.71. The van der Waals surface area contributed by atoms with Crippen LogP contribution in [0.2, 0.25) is 0 Å². The average Bonchev–Trinajstić information content (AvgIpc) is 2.51. The van der Waals surface area contributed by atoms with Gasteiger partial charge in [-0.1, -0.05) is 26.0 Å². The molecule has 5 nitrogen and oxygen atoms in total. The molecule has 9 heteroatoms. The number of esters is 1. The number of carbonyl (C=O) groups is 1. The number of hydrogen-bond acceptors (Lipinski definition) is 4. The van der Waals surface area contributed by atoms with Gasteiger partial charge in [-0.3, -0.25) is 0 Å². The van der Waals surface area contributed by atoms with Gasteiger partial charge in [-0.05, 0) is 23.8 Å². The molecule has 0 bridgehead atoms. The molecule has 0 aliphatic rings. The third-order valence-electron chi connectivity index (χ3n) is 3.01. The van der Waals surface area contributed by atoms with E-state index in [1.54, 1.807) is 13.8 Å². The van der Waals surface area contributed by atoms with Crippen LogP contribution in [0.1, 0.15) is 19.4 Å². The number of rotatable bonds is 7. The van der Waals surface area contributed by atoms with E-state index in [-0.39, 0.29) is 4.90 Å². The number of benzene rings is 1. The standard InChI is InChI=1S/C15H18F3NO4S/c1-3-19(4-2)24(21,22)13-8-5-12(6-9-13)7-10-14(20)23-11-15(16,17)18/h5-10H,3-4,11H2,1-2H3. The molecule has 0 spiro atoms. The molecule has 0 saturated heterocycles. The van der Waals surface area contributed by atoms with Gasteiger partial charge in [-0.15, -0.1) is 0 Å². The summed E-state index contributed by atoms with van der Waals surface area (Å²) in [5.74, 6) is -1.13. The molecule has 0 fully saturated rings. The number of hydrogen-bond donors (Lipinski definition) is 0. The minimum Gasteiger partial charge on any atom is -0.453 e. The first-order valence-electron chi connectivity index (χ1n) is 7.12. The molecule has 0 aromatic heterocycles. The Morgan fingerprint density at radius 2 is 1.71 bits per heavy atom. The predicted molar refractivity (Wildman–Crippen MR) is 82.6 cm³/mol. The summed E-state index contributed by atoms with van der Waals surface area (Å²) in [6, 6.07) is 5.64. The molecule has 0 aliphatic heterocycles. The summed E-state index contributed by atoms with van der Waals surface area (Å²) < 4.78 is 65.6. The summed E-state index contributed by atoms with van der Waals surface area (Å²) in [4.78, 5) is 11.2. The zero-order valence-corrected chi connectivity index (χ0v) is 14.0. The minimum atomic E-state index is -4.58. The summed E-state index contributed by atoms with van der Waals surface area (Å²) in [6.07, 6.45) is -2.49. The van der Waals surface area contributed by atoms with Gasteiger partial charge >= 0.3 is 12.1 Å². The molecule has 0 N–H and O–H groups in total. The Balaban J connectivity index is 2.78. The highest BCUT2D eigenvalue weighted by atomic mass is 32.2. The zero-order chi connectivity index (χ0) is 18.4. The van der Waals surface area contributed by atoms with Crippen molar-refractivity contribution >= 4 is 22.1 Å². The van der Waals surface area contributed by atoms with Gasteiger partial charge in [0.25, 0.3) is 0 Å². The number of alkyl halides is 3. The van der Waals surface area contributed by atoms with Gasteiger partial charge in [-0.2, -0.15) is 17.5 Å². The number of sulfonamides is 1. The third kappa shape index (κ3) is 5.97. The Kier molecular flexibility index (Phi) is 6.97. The lowest BCUT2D eigenvalue weighted by Gasteiger charge is -2.18. The Labute approximate surface area is 138 Å². The molecule has 0 heterocycles. The van der Waals surface area contributed by atoms with Crippen molar-refractivity contribution in [3.8, 4) is 0 Å². The molecule has 0 aliphatic carbocycles. The summed E-state index contributed by atoms with van der Waals surface area (Å²) in [7, 11) is -3.58. The highest BCUT2D eigenvalue weighted by Gasteiger charge is 2.29. The normalized spacial score (nSPS) is 12.8. The van der Waals surface area contributed by atoms with Crippen LogP contribution in [0.5, 0.6) is 0 Å². The number of ether oxygens (including phenoxy) is 1. The highest BCUT2D eigenvalue weighted by Crippen LogP contribution is 2.17. The van der Waals surface area contributed by atoms with Crippen molar-refractivity contribution in [2.45, 2.75) is 24.9 Å². The smallest absolute Gasteiger partial charge is 0.422 e. The van der Waals surface area contributed by atoms with Crippen LogP contribution in [-0.4, -0.2) is 44.6 Å². The van der Waals surface area contributed by atoms with Crippen molar-refractivity contribution in [1.29, 1.82) is 0 Å². The van der Waals surface area contributed by atoms with Crippen LogP contribution in [0.3, 0.4) is 0 Å². The van der Waals surface area contributed by atoms with E-state index < -0.39 is 28.8 Å². The molecule has 1 aromatic rings. The van der Waals surface area contributed by atoms with E-state index in [0.717, 1.165) is 6.08 Å². The Morgan fingerprint density at radius 1 is 1.17 bits per heavy atom. The zero-order valence-electron chi connectivity index (χ0n) is 13.2. The van der Waals surface area contributed by atoms with Gasteiger partial charge in [0, 0.05) is 19.2 Å². The SMILES string of the molecule is CCN(CC)S(=O)(=O)c1ccc(C=CC(=O)OCC(F)(F)F)cc1. The van der Waals surface area contributed by atoms with Gasteiger partial charge in [0.05, 0.1) is 4.90 Å². The van der Waals surface area contributed by atoms with Gasteiger partial charge in [0.1, 0.15) is 0 Å². The van der Waals surface area contributed by atoms with Crippen LogP contribution in [0.25, 0.3) is 6.08 Å². The van der Waals surface area contributed by atoms with Gasteiger partial charge in [0.2, 0.25) is 10.0 Å². The molecule has 1 rings (SSSR count). The lowest BCUT2D eigenvalue weighted by atomic mass is 10.2. The van der Waals surface area contributed by atoms with Crippen molar-refractivity contribution in [2.24, 2.45) is 0 Å². The molecular weight excluding hydrogens is 347 g/mol. The van der Waals surface area contributed by atoms with Crippen LogP contribution in [0.4, 0.5) is 13.2 Å². The predicted octanol–water partition coefficient (Wildman–Crippen LogP) is 2.84. The largest absolute Gasteiger partial charge is 0.453 e. The van der Waals surface area contributed by atoms with E-state index >= 15 is 0 Å². The monoisotopic (exact) mass is 365 g/mol. The fourth-order valence-corrected chi connectivity index (χ4v) is 3.29. The molecule has 1 aromatic carbocycles. The third-order valence-corrected chi connectivity index (χ3v) is 5.08. The molecule has 134 valence electrons. The van der Waals surface area contributed by atoms with Crippen LogP contribution < -0.4 is 0 Å². The molecule has 24 heavy (non-hydrogen) atoms. The van der Waals surface area contributed by atoms with E-state index in [9.17, 15) is 26.4 Å². The fraction of sp³-hybridized carbons (Fsp3) is 0.400. The fourth-order valence-electron chi connectivity index (χ4n) is 1.83. The molecule has 0 saturated carbocycles. The first-order chi connectivity index (χ1) is 11.1. The quantitative estimate of drug-likeness (QED) is 0.551. The van der Waals surface area contributed by atoms with Gasteiger partial charge in [-0.25, -0.2) is 13.2 Å². The maximum absolute atomic E-state index is 12.3. The molecule has 0 radical (unpaired) electrons.